The zero-order valence-corrected chi connectivity index (χ0v) is 15.4. The number of carbonyl (C=O) groups is 1. The summed E-state index contributed by atoms with van der Waals surface area (Å²) in [6.07, 6.45) is 9.26. The number of aryl methyl sites for hydroxylation is 1. The summed E-state index contributed by atoms with van der Waals surface area (Å²) in [7, 11) is 0. The highest BCUT2D eigenvalue weighted by Gasteiger charge is 2.26. The number of hydrogen-bond acceptors (Lipinski definition) is 4. The molecule has 26 heavy (non-hydrogen) atoms. The average molecular weight is 353 g/mol. The van der Waals surface area contributed by atoms with Crippen molar-refractivity contribution in [3.8, 4) is 0 Å². The summed E-state index contributed by atoms with van der Waals surface area (Å²) in [6.45, 7) is 5.83. The summed E-state index contributed by atoms with van der Waals surface area (Å²) in [6, 6.07) is 3.82. The van der Waals surface area contributed by atoms with E-state index in [-0.39, 0.29) is 5.91 Å². The first kappa shape index (κ1) is 17.1. The Balaban J connectivity index is 1.44. The number of aromatic amines is 1. The number of piperidine rings is 1. The quantitative estimate of drug-likeness (QED) is 0.918. The Hall–Kier alpha value is -2.37. The SMILES string of the molecule is Cc1cn[nH]c1C[C@H]1CCCN(C(=O)c2ccnc(N3CCCC3)c2)C1. The summed E-state index contributed by atoms with van der Waals surface area (Å²) < 4.78 is 0. The van der Waals surface area contributed by atoms with Crippen molar-refractivity contribution in [3.05, 3.63) is 41.3 Å². The van der Waals surface area contributed by atoms with Crippen molar-refractivity contribution in [1.29, 1.82) is 0 Å². The van der Waals surface area contributed by atoms with Gasteiger partial charge in [-0.1, -0.05) is 0 Å². The maximum absolute atomic E-state index is 13.0. The maximum atomic E-state index is 13.0. The zero-order valence-electron chi connectivity index (χ0n) is 15.4. The van der Waals surface area contributed by atoms with Crippen LogP contribution in [0, 0.1) is 12.8 Å². The lowest BCUT2D eigenvalue weighted by atomic mass is 9.92. The van der Waals surface area contributed by atoms with Crippen LogP contribution in [0.25, 0.3) is 0 Å². The van der Waals surface area contributed by atoms with Crippen LogP contribution in [-0.4, -0.2) is 52.2 Å². The number of nitrogens with zero attached hydrogens (tertiary/aromatic N) is 4. The second-order valence-electron chi connectivity index (χ2n) is 7.59. The minimum absolute atomic E-state index is 0.138. The second-order valence-corrected chi connectivity index (χ2v) is 7.59. The van der Waals surface area contributed by atoms with Gasteiger partial charge in [0.05, 0.1) is 6.20 Å². The fraction of sp³-hybridized carbons (Fsp3) is 0.550. The van der Waals surface area contributed by atoms with Gasteiger partial charge in [-0.3, -0.25) is 9.89 Å². The van der Waals surface area contributed by atoms with Crippen LogP contribution in [0.1, 0.15) is 47.3 Å². The number of aromatic nitrogens is 3. The van der Waals surface area contributed by atoms with Gasteiger partial charge in [-0.05, 0) is 62.6 Å². The van der Waals surface area contributed by atoms with E-state index in [0.29, 0.717) is 5.92 Å². The molecule has 0 bridgehead atoms. The molecular weight excluding hydrogens is 326 g/mol. The summed E-state index contributed by atoms with van der Waals surface area (Å²) in [5, 5.41) is 7.22. The van der Waals surface area contributed by atoms with Crippen LogP contribution < -0.4 is 4.90 Å². The van der Waals surface area contributed by atoms with Crippen LogP contribution in [-0.2, 0) is 6.42 Å². The molecule has 1 amide bonds. The summed E-state index contributed by atoms with van der Waals surface area (Å²) >= 11 is 0. The molecule has 0 aliphatic carbocycles. The molecule has 4 rings (SSSR count). The third-order valence-electron chi connectivity index (χ3n) is 5.66. The Morgan fingerprint density at radius 2 is 2.12 bits per heavy atom. The number of anilines is 1. The highest BCUT2D eigenvalue weighted by Crippen LogP contribution is 2.24. The van der Waals surface area contributed by atoms with Crippen LogP contribution in [0.4, 0.5) is 5.82 Å². The minimum atomic E-state index is 0.138. The third kappa shape index (κ3) is 3.59. The topological polar surface area (TPSA) is 65.1 Å². The van der Waals surface area contributed by atoms with Crippen molar-refractivity contribution in [2.75, 3.05) is 31.1 Å². The first-order valence-corrected chi connectivity index (χ1v) is 9.70. The van der Waals surface area contributed by atoms with Crippen molar-refractivity contribution in [3.63, 3.8) is 0 Å². The number of H-pyrrole nitrogens is 1. The molecule has 4 heterocycles. The number of likely N-dealkylation sites (tertiary alicyclic amines) is 1. The van der Waals surface area contributed by atoms with E-state index >= 15 is 0 Å². The first-order valence-electron chi connectivity index (χ1n) is 9.70. The van der Waals surface area contributed by atoms with Gasteiger partial charge in [-0.2, -0.15) is 5.10 Å². The minimum Gasteiger partial charge on any atom is -0.357 e. The zero-order chi connectivity index (χ0) is 17.9. The van der Waals surface area contributed by atoms with E-state index in [9.17, 15) is 4.79 Å². The highest BCUT2D eigenvalue weighted by atomic mass is 16.2. The fourth-order valence-electron chi connectivity index (χ4n) is 4.14. The molecule has 0 spiro atoms. The number of rotatable bonds is 4. The van der Waals surface area contributed by atoms with Crippen molar-refractivity contribution < 1.29 is 4.79 Å². The van der Waals surface area contributed by atoms with Crippen molar-refractivity contribution in [2.24, 2.45) is 5.92 Å². The van der Waals surface area contributed by atoms with Gasteiger partial charge in [0.2, 0.25) is 0 Å². The van der Waals surface area contributed by atoms with Crippen LogP contribution in [0.2, 0.25) is 0 Å². The third-order valence-corrected chi connectivity index (χ3v) is 5.66. The average Bonchev–Trinajstić information content (AvgIpc) is 3.34. The van der Waals surface area contributed by atoms with Crippen LogP contribution in [0.5, 0.6) is 0 Å². The molecule has 0 aromatic carbocycles. The molecule has 6 heteroatoms. The second kappa shape index (κ2) is 7.48. The Labute approximate surface area is 154 Å². The molecule has 0 radical (unpaired) electrons. The Bertz CT molecular complexity index is 765. The van der Waals surface area contributed by atoms with Crippen molar-refractivity contribution >= 4 is 11.7 Å². The van der Waals surface area contributed by atoms with Gasteiger partial charge in [-0.25, -0.2) is 4.98 Å². The highest BCUT2D eigenvalue weighted by molar-refractivity contribution is 5.95. The van der Waals surface area contributed by atoms with Gasteiger partial charge in [0.25, 0.3) is 5.91 Å². The van der Waals surface area contributed by atoms with Gasteiger partial charge in [0.15, 0.2) is 0 Å². The van der Waals surface area contributed by atoms with Gasteiger partial charge in [-0.15, -0.1) is 0 Å². The standard InChI is InChI=1S/C20H27N5O/c1-15-13-22-23-18(15)11-16-5-4-10-25(14-16)20(26)17-6-7-21-19(12-17)24-8-2-3-9-24/h6-7,12-13,16H,2-5,8-11,14H2,1H3,(H,22,23)/t16-/m1/s1. The predicted molar refractivity (Wildman–Crippen MR) is 101 cm³/mol. The van der Waals surface area contributed by atoms with E-state index in [0.717, 1.165) is 56.8 Å². The van der Waals surface area contributed by atoms with Crippen LogP contribution in [0.3, 0.4) is 0 Å². The van der Waals surface area contributed by atoms with E-state index in [1.54, 1.807) is 6.20 Å². The van der Waals surface area contributed by atoms with Crippen molar-refractivity contribution in [2.45, 2.75) is 39.0 Å². The van der Waals surface area contributed by atoms with Gasteiger partial charge in [0.1, 0.15) is 5.82 Å². The molecule has 0 unspecified atom stereocenters. The number of pyridine rings is 1. The number of amides is 1. The van der Waals surface area contributed by atoms with E-state index in [4.69, 9.17) is 0 Å². The smallest absolute Gasteiger partial charge is 0.254 e. The van der Waals surface area contributed by atoms with Gasteiger partial charge in [0, 0.05) is 43.6 Å². The molecule has 1 atom stereocenters. The fourth-order valence-corrected chi connectivity index (χ4v) is 4.14. The molecule has 1 N–H and O–H groups in total. The molecule has 2 saturated heterocycles. The monoisotopic (exact) mass is 353 g/mol. The molecule has 6 nitrogen and oxygen atoms in total. The Morgan fingerprint density at radius 3 is 2.88 bits per heavy atom. The molecule has 2 fully saturated rings. The molecule has 2 aliphatic rings. The molecule has 2 aliphatic heterocycles. The normalized spacial score (nSPS) is 20.6. The molecule has 138 valence electrons. The van der Waals surface area contributed by atoms with Gasteiger partial charge < -0.3 is 9.80 Å². The number of carbonyl (C=O) groups excluding carboxylic acids is 1. The van der Waals surface area contributed by atoms with Gasteiger partial charge >= 0.3 is 0 Å². The summed E-state index contributed by atoms with van der Waals surface area (Å²) in [4.78, 5) is 21.8. The molecular formula is C20H27N5O. The van der Waals surface area contributed by atoms with Crippen LogP contribution >= 0.6 is 0 Å². The lowest BCUT2D eigenvalue weighted by molar-refractivity contribution is 0.0672. The maximum Gasteiger partial charge on any atom is 0.254 e. The largest absolute Gasteiger partial charge is 0.357 e. The van der Waals surface area contributed by atoms with Crippen molar-refractivity contribution in [1.82, 2.24) is 20.1 Å². The summed E-state index contributed by atoms with van der Waals surface area (Å²) in [5.41, 5.74) is 3.17. The Morgan fingerprint density at radius 1 is 1.27 bits per heavy atom. The lowest BCUT2D eigenvalue weighted by Crippen LogP contribution is -2.40. The molecule has 0 saturated carbocycles. The molecule has 2 aromatic heterocycles. The first-order chi connectivity index (χ1) is 12.7. The Kier molecular flexibility index (Phi) is 4.91. The number of nitrogens with one attached hydrogen (secondary N) is 1. The van der Waals surface area contributed by atoms with E-state index < -0.39 is 0 Å². The number of hydrogen-bond donors (Lipinski definition) is 1. The van der Waals surface area contributed by atoms with Crippen LogP contribution in [0.15, 0.2) is 24.5 Å². The molecule has 2 aromatic rings. The van der Waals surface area contributed by atoms with E-state index in [1.807, 2.05) is 23.2 Å². The lowest BCUT2D eigenvalue weighted by Gasteiger charge is -2.33. The summed E-state index contributed by atoms with van der Waals surface area (Å²) in [5.74, 6) is 1.57. The van der Waals surface area contributed by atoms with E-state index in [2.05, 4.69) is 27.0 Å². The van der Waals surface area contributed by atoms with E-state index in [1.165, 1.54) is 24.1 Å². The predicted octanol–water partition coefficient (Wildman–Crippen LogP) is 2.81.